The molecule has 0 radical (unpaired) electrons. The van der Waals surface area contributed by atoms with E-state index in [9.17, 15) is 0 Å². The Morgan fingerprint density at radius 2 is 2.05 bits per heavy atom. The van der Waals surface area contributed by atoms with Crippen molar-refractivity contribution >= 4 is 26.4 Å². The zero-order chi connectivity index (χ0) is 13.7. The van der Waals surface area contributed by atoms with Crippen molar-refractivity contribution in [2.45, 2.75) is 80.8 Å². The van der Waals surface area contributed by atoms with Crippen LogP contribution in [-0.2, 0) is 3.10 Å². The monoisotopic (exact) mass is 402 g/mol. The molecule has 0 aromatic heterocycles. The number of unbranched alkanes of at least 4 members (excludes halogenated alkanes) is 3. The third-order valence-electron chi connectivity index (χ3n) is 6.42. The SMILES string of the molecule is CCCCCC[Te]1(Cl)CC23CCC(CC2O1)C3(C)C. The molecular weight excluding hydrogens is 371 g/mol. The van der Waals surface area contributed by atoms with Crippen molar-refractivity contribution in [3.8, 4) is 0 Å². The summed E-state index contributed by atoms with van der Waals surface area (Å²) in [7, 11) is 7.03. The quantitative estimate of drug-likeness (QED) is 0.439. The molecular formula is C16H29ClOTe. The van der Waals surface area contributed by atoms with Gasteiger partial charge in [0, 0.05) is 0 Å². The molecule has 2 aliphatic carbocycles. The standard InChI is InChI=1S/C16H29ClOTe/c1-4-5-6-7-10-19(17)12-16-9-8-13(15(16,2)3)11-14(16)18-19/h13-14H,4-12H2,1-3H3. The van der Waals surface area contributed by atoms with Crippen LogP contribution in [0.15, 0.2) is 0 Å². The van der Waals surface area contributed by atoms with Crippen molar-refractivity contribution in [3.05, 3.63) is 0 Å². The van der Waals surface area contributed by atoms with Gasteiger partial charge in [-0.05, 0) is 0 Å². The predicted molar refractivity (Wildman–Crippen MR) is 83.8 cm³/mol. The number of fused-ring (bicyclic) bond motifs is 1. The normalized spacial score (nSPS) is 50.1. The van der Waals surface area contributed by atoms with E-state index in [2.05, 4.69) is 20.8 Å². The minimum atomic E-state index is -2.49. The van der Waals surface area contributed by atoms with Gasteiger partial charge in [0.15, 0.2) is 0 Å². The fourth-order valence-corrected chi connectivity index (χ4v) is 16.4. The van der Waals surface area contributed by atoms with Crippen molar-refractivity contribution in [2.75, 3.05) is 0 Å². The molecule has 1 spiro atoms. The summed E-state index contributed by atoms with van der Waals surface area (Å²) in [6.45, 7) is 7.27. The Labute approximate surface area is 126 Å². The van der Waals surface area contributed by atoms with Crippen LogP contribution in [-0.4, -0.2) is 23.6 Å². The number of rotatable bonds is 5. The predicted octanol–water partition coefficient (Wildman–Crippen LogP) is 5.47. The third-order valence-corrected chi connectivity index (χ3v) is 15.6. The van der Waals surface area contributed by atoms with Crippen LogP contribution in [0.25, 0.3) is 0 Å². The van der Waals surface area contributed by atoms with Gasteiger partial charge in [0.05, 0.1) is 0 Å². The van der Waals surface area contributed by atoms with Crippen LogP contribution >= 0.6 is 8.96 Å². The zero-order valence-electron chi connectivity index (χ0n) is 12.7. The average molecular weight is 400 g/mol. The first-order chi connectivity index (χ1) is 8.94. The number of hydrogen-bond acceptors (Lipinski definition) is 1. The fourth-order valence-electron chi connectivity index (χ4n) is 4.97. The molecule has 2 saturated carbocycles. The van der Waals surface area contributed by atoms with Gasteiger partial charge in [-0.1, -0.05) is 0 Å². The van der Waals surface area contributed by atoms with E-state index in [0.717, 1.165) is 5.92 Å². The van der Waals surface area contributed by atoms with E-state index < -0.39 is 17.5 Å². The Balaban J connectivity index is 1.67. The van der Waals surface area contributed by atoms with E-state index in [1.807, 2.05) is 0 Å². The molecule has 3 rings (SSSR count). The summed E-state index contributed by atoms with van der Waals surface area (Å²) in [5.41, 5.74) is 0.967. The van der Waals surface area contributed by atoms with Gasteiger partial charge in [-0.3, -0.25) is 0 Å². The van der Waals surface area contributed by atoms with Crippen LogP contribution in [0.2, 0.25) is 8.94 Å². The Morgan fingerprint density at radius 3 is 2.68 bits per heavy atom. The molecule has 2 bridgehead atoms. The maximum atomic E-state index is 7.03. The first-order valence-corrected chi connectivity index (χ1v) is 15.3. The zero-order valence-corrected chi connectivity index (χ0v) is 15.8. The van der Waals surface area contributed by atoms with Crippen LogP contribution in [0.5, 0.6) is 0 Å². The topological polar surface area (TPSA) is 9.23 Å². The molecule has 1 heterocycles. The van der Waals surface area contributed by atoms with E-state index >= 15 is 0 Å². The molecule has 4 unspecified atom stereocenters. The van der Waals surface area contributed by atoms with Gasteiger partial charge >= 0.3 is 127 Å². The van der Waals surface area contributed by atoms with E-state index in [-0.39, 0.29) is 0 Å². The van der Waals surface area contributed by atoms with Gasteiger partial charge in [-0.25, -0.2) is 0 Å². The first kappa shape index (κ1) is 15.0. The Morgan fingerprint density at radius 1 is 1.26 bits per heavy atom. The number of hydrogen-bond donors (Lipinski definition) is 0. The molecule has 3 fully saturated rings. The van der Waals surface area contributed by atoms with Crippen LogP contribution in [0, 0.1) is 16.7 Å². The van der Waals surface area contributed by atoms with Crippen molar-refractivity contribution < 1.29 is 3.10 Å². The fraction of sp³-hybridized carbons (Fsp3) is 1.00. The Hall–Kier alpha value is 1.04. The minimum absolute atomic E-state index is 0.477. The second kappa shape index (κ2) is 5.05. The Kier molecular flexibility index (Phi) is 3.97. The van der Waals surface area contributed by atoms with E-state index in [0.29, 0.717) is 16.9 Å². The molecule has 0 N–H and O–H groups in total. The van der Waals surface area contributed by atoms with Gasteiger partial charge in [-0.2, -0.15) is 0 Å². The van der Waals surface area contributed by atoms with Crippen LogP contribution in [0.4, 0.5) is 0 Å². The molecule has 3 aliphatic rings. The van der Waals surface area contributed by atoms with E-state index in [1.54, 1.807) is 0 Å². The molecule has 0 aromatic carbocycles. The Bertz CT molecular complexity index is 359. The van der Waals surface area contributed by atoms with Crippen LogP contribution in [0.3, 0.4) is 0 Å². The van der Waals surface area contributed by atoms with Gasteiger partial charge in [0.1, 0.15) is 0 Å². The molecule has 1 aliphatic heterocycles. The molecule has 3 heteroatoms. The molecule has 0 aromatic rings. The van der Waals surface area contributed by atoms with Gasteiger partial charge in [0.25, 0.3) is 0 Å². The maximum absolute atomic E-state index is 7.03. The second-order valence-corrected chi connectivity index (χ2v) is 18.0. The molecule has 112 valence electrons. The second-order valence-electron chi connectivity index (χ2n) is 7.56. The van der Waals surface area contributed by atoms with Gasteiger partial charge in [-0.15, -0.1) is 0 Å². The summed E-state index contributed by atoms with van der Waals surface area (Å²) in [5, 5.41) is 0. The summed E-state index contributed by atoms with van der Waals surface area (Å²) < 4.78 is 9.10. The molecule has 4 atom stereocenters. The average Bonchev–Trinajstić information content (AvgIpc) is 2.85. The van der Waals surface area contributed by atoms with Gasteiger partial charge in [0.2, 0.25) is 0 Å². The molecule has 1 saturated heterocycles. The third kappa shape index (κ3) is 2.21. The van der Waals surface area contributed by atoms with Gasteiger partial charge < -0.3 is 0 Å². The molecule has 19 heavy (non-hydrogen) atoms. The van der Waals surface area contributed by atoms with Crippen molar-refractivity contribution in [3.63, 3.8) is 0 Å². The van der Waals surface area contributed by atoms with E-state index in [1.165, 1.54) is 53.9 Å². The first-order valence-electron chi connectivity index (χ1n) is 8.10. The van der Waals surface area contributed by atoms with Crippen molar-refractivity contribution in [1.29, 1.82) is 0 Å². The summed E-state index contributed by atoms with van der Waals surface area (Å²) in [5.74, 6) is 0.904. The van der Waals surface area contributed by atoms with Crippen LogP contribution in [0.1, 0.15) is 65.7 Å². The molecule has 0 amide bonds. The van der Waals surface area contributed by atoms with Crippen LogP contribution < -0.4 is 0 Å². The summed E-state index contributed by atoms with van der Waals surface area (Å²) in [6.07, 6.45) is 9.99. The van der Waals surface area contributed by atoms with Crippen molar-refractivity contribution in [2.24, 2.45) is 16.7 Å². The number of halogens is 1. The molecule has 1 nitrogen and oxygen atoms in total. The summed E-state index contributed by atoms with van der Waals surface area (Å²) >= 11 is -2.49. The van der Waals surface area contributed by atoms with Crippen molar-refractivity contribution in [1.82, 2.24) is 0 Å². The summed E-state index contributed by atoms with van der Waals surface area (Å²) in [4.78, 5) is 0. The summed E-state index contributed by atoms with van der Waals surface area (Å²) in [6, 6.07) is 0. The van der Waals surface area contributed by atoms with E-state index in [4.69, 9.17) is 12.1 Å².